The number of pyridine rings is 1. The molecular weight excluding hydrogens is 204 g/mol. The van der Waals surface area contributed by atoms with E-state index < -0.39 is 0 Å². The number of carbonyl (C=O) groups is 1. The number of carbonyl (C=O) groups excluding carboxylic acids is 1. The van der Waals surface area contributed by atoms with Gasteiger partial charge in [0.25, 0.3) is 0 Å². The first kappa shape index (κ1) is 10.4. The minimum atomic E-state index is -0.125. The minimum absolute atomic E-state index is 0.125. The zero-order valence-electron chi connectivity index (χ0n) is 9.15. The van der Waals surface area contributed by atoms with E-state index in [9.17, 15) is 4.79 Å². The summed E-state index contributed by atoms with van der Waals surface area (Å²) < 4.78 is 5.12. The lowest BCUT2D eigenvalue weighted by molar-refractivity contribution is -0.114. The van der Waals surface area contributed by atoms with Crippen molar-refractivity contribution >= 4 is 22.6 Å². The van der Waals surface area contributed by atoms with Gasteiger partial charge in [-0.25, -0.2) is 4.98 Å². The number of nitrogens with one attached hydrogen (secondary N) is 1. The highest BCUT2D eigenvalue weighted by atomic mass is 16.5. The molecule has 0 radical (unpaired) electrons. The summed E-state index contributed by atoms with van der Waals surface area (Å²) >= 11 is 0. The molecule has 1 aromatic carbocycles. The molecule has 1 amide bonds. The van der Waals surface area contributed by atoms with Gasteiger partial charge in [0, 0.05) is 12.3 Å². The second kappa shape index (κ2) is 4.18. The van der Waals surface area contributed by atoms with Crippen LogP contribution in [0.15, 0.2) is 30.3 Å². The molecule has 0 spiro atoms. The second-order valence-electron chi connectivity index (χ2n) is 3.44. The van der Waals surface area contributed by atoms with Crippen molar-refractivity contribution in [1.82, 2.24) is 4.98 Å². The largest absolute Gasteiger partial charge is 0.497 e. The third-order valence-electron chi connectivity index (χ3n) is 2.20. The fraction of sp³-hybridized carbons (Fsp3) is 0.167. The fourth-order valence-corrected chi connectivity index (χ4v) is 1.48. The van der Waals surface area contributed by atoms with E-state index in [1.165, 1.54) is 6.92 Å². The number of ether oxygens (including phenoxy) is 1. The zero-order chi connectivity index (χ0) is 11.5. The van der Waals surface area contributed by atoms with Gasteiger partial charge in [0.15, 0.2) is 0 Å². The molecule has 4 heteroatoms. The molecule has 0 fully saturated rings. The van der Waals surface area contributed by atoms with Crippen LogP contribution < -0.4 is 10.1 Å². The third-order valence-corrected chi connectivity index (χ3v) is 2.20. The first-order chi connectivity index (χ1) is 7.69. The molecule has 2 aromatic rings. The van der Waals surface area contributed by atoms with E-state index in [1.54, 1.807) is 13.2 Å². The van der Waals surface area contributed by atoms with Crippen LogP contribution in [0.1, 0.15) is 6.92 Å². The molecule has 16 heavy (non-hydrogen) atoms. The van der Waals surface area contributed by atoms with Crippen LogP contribution in [0.2, 0.25) is 0 Å². The summed E-state index contributed by atoms with van der Waals surface area (Å²) in [4.78, 5) is 15.2. The number of benzene rings is 1. The van der Waals surface area contributed by atoms with E-state index in [0.29, 0.717) is 5.82 Å². The maximum absolute atomic E-state index is 10.9. The summed E-state index contributed by atoms with van der Waals surface area (Å²) in [5, 5.41) is 3.62. The van der Waals surface area contributed by atoms with Crippen molar-refractivity contribution < 1.29 is 9.53 Å². The summed E-state index contributed by atoms with van der Waals surface area (Å²) in [6, 6.07) is 9.27. The number of aromatic nitrogens is 1. The molecule has 0 unspecified atom stereocenters. The Kier molecular flexibility index (Phi) is 2.72. The summed E-state index contributed by atoms with van der Waals surface area (Å²) in [6.45, 7) is 1.46. The Morgan fingerprint density at radius 2 is 2.12 bits per heavy atom. The molecule has 1 N–H and O–H groups in total. The van der Waals surface area contributed by atoms with Gasteiger partial charge in [0.2, 0.25) is 5.91 Å². The number of fused-ring (bicyclic) bond motifs is 1. The van der Waals surface area contributed by atoms with Crippen LogP contribution in [0.3, 0.4) is 0 Å². The number of amides is 1. The summed E-state index contributed by atoms with van der Waals surface area (Å²) in [5.41, 5.74) is 0.826. The number of rotatable bonds is 2. The van der Waals surface area contributed by atoms with Gasteiger partial charge in [-0.2, -0.15) is 0 Å². The van der Waals surface area contributed by atoms with Crippen molar-refractivity contribution in [2.45, 2.75) is 6.92 Å². The van der Waals surface area contributed by atoms with Gasteiger partial charge in [-0.1, -0.05) is 0 Å². The van der Waals surface area contributed by atoms with Crippen molar-refractivity contribution in [2.75, 3.05) is 12.4 Å². The standard InChI is InChI=1S/C12H12N2O2/c1-8(15)13-12-6-3-9-7-10(16-2)4-5-11(9)14-12/h3-7H,1-2H3,(H,13,14,15). The Labute approximate surface area is 93.3 Å². The van der Waals surface area contributed by atoms with Gasteiger partial charge in [0.1, 0.15) is 11.6 Å². The highest BCUT2D eigenvalue weighted by molar-refractivity contribution is 5.90. The summed E-state index contributed by atoms with van der Waals surface area (Å²) in [7, 11) is 1.63. The maximum atomic E-state index is 10.9. The van der Waals surface area contributed by atoms with Crippen LogP contribution in [0.5, 0.6) is 5.75 Å². The second-order valence-corrected chi connectivity index (χ2v) is 3.44. The lowest BCUT2D eigenvalue weighted by Gasteiger charge is -2.04. The van der Waals surface area contributed by atoms with Crippen LogP contribution >= 0.6 is 0 Å². The Hall–Kier alpha value is -2.10. The van der Waals surface area contributed by atoms with Gasteiger partial charge < -0.3 is 10.1 Å². The highest BCUT2D eigenvalue weighted by Gasteiger charge is 2.01. The predicted octanol–water partition coefficient (Wildman–Crippen LogP) is 2.20. The first-order valence-corrected chi connectivity index (χ1v) is 4.91. The van der Waals surface area contributed by atoms with Crippen LogP contribution in [0.25, 0.3) is 10.9 Å². The maximum Gasteiger partial charge on any atom is 0.222 e. The number of methoxy groups -OCH3 is 1. The fourth-order valence-electron chi connectivity index (χ4n) is 1.48. The molecule has 0 saturated carbocycles. The van der Waals surface area contributed by atoms with Crippen molar-refractivity contribution in [3.8, 4) is 5.75 Å². The summed E-state index contributed by atoms with van der Waals surface area (Å²) in [6.07, 6.45) is 0. The quantitative estimate of drug-likeness (QED) is 0.837. The van der Waals surface area contributed by atoms with Gasteiger partial charge in [-0.15, -0.1) is 0 Å². The van der Waals surface area contributed by atoms with Gasteiger partial charge >= 0.3 is 0 Å². The molecule has 0 atom stereocenters. The number of hydrogen-bond donors (Lipinski definition) is 1. The zero-order valence-corrected chi connectivity index (χ0v) is 9.15. The van der Waals surface area contributed by atoms with Crippen LogP contribution in [0.4, 0.5) is 5.82 Å². The molecule has 2 rings (SSSR count). The van der Waals surface area contributed by atoms with E-state index in [2.05, 4.69) is 10.3 Å². The lowest BCUT2D eigenvalue weighted by atomic mass is 10.2. The molecule has 4 nitrogen and oxygen atoms in total. The smallest absolute Gasteiger partial charge is 0.222 e. The van der Waals surface area contributed by atoms with Gasteiger partial charge in [-0.05, 0) is 30.3 Å². The van der Waals surface area contributed by atoms with E-state index >= 15 is 0 Å². The molecule has 0 bridgehead atoms. The Morgan fingerprint density at radius 3 is 2.81 bits per heavy atom. The molecule has 1 aromatic heterocycles. The average Bonchev–Trinajstić information content (AvgIpc) is 2.27. The highest BCUT2D eigenvalue weighted by Crippen LogP contribution is 2.20. The number of hydrogen-bond acceptors (Lipinski definition) is 3. The number of nitrogens with zero attached hydrogens (tertiary/aromatic N) is 1. The SMILES string of the molecule is COc1ccc2nc(NC(C)=O)ccc2c1. The normalized spacial score (nSPS) is 10.1. The Morgan fingerprint density at radius 1 is 1.31 bits per heavy atom. The Balaban J connectivity index is 2.43. The van der Waals surface area contributed by atoms with Gasteiger partial charge in [-0.3, -0.25) is 4.79 Å². The predicted molar refractivity (Wildman–Crippen MR) is 62.6 cm³/mol. The van der Waals surface area contributed by atoms with Crippen molar-refractivity contribution in [1.29, 1.82) is 0 Å². The lowest BCUT2D eigenvalue weighted by Crippen LogP contribution is -2.07. The molecule has 0 aliphatic carbocycles. The molecule has 0 saturated heterocycles. The van der Waals surface area contributed by atoms with Crippen molar-refractivity contribution in [3.63, 3.8) is 0 Å². The van der Waals surface area contributed by atoms with E-state index in [1.807, 2.05) is 24.3 Å². The van der Waals surface area contributed by atoms with E-state index in [-0.39, 0.29) is 5.91 Å². The molecule has 82 valence electrons. The van der Waals surface area contributed by atoms with E-state index in [0.717, 1.165) is 16.7 Å². The average molecular weight is 216 g/mol. The molecule has 0 aliphatic heterocycles. The van der Waals surface area contributed by atoms with Crippen LogP contribution in [0, 0.1) is 0 Å². The first-order valence-electron chi connectivity index (χ1n) is 4.91. The molecule has 0 aliphatic rings. The monoisotopic (exact) mass is 216 g/mol. The third kappa shape index (κ3) is 2.11. The molecular formula is C12H12N2O2. The molecule has 1 heterocycles. The van der Waals surface area contributed by atoms with Gasteiger partial charge in [0.05, 0.1) is 12.6 Å². The van der Waals surface area contributed by atoms with Crippen LogP contribution in [-0.4, -0.2) is 18.0 Å². The van der Waals surface area contributed by atoms with E-state index in [4.69, 9.17) is 4.74 Å². The number of anilines is 1. The Bertz CT molecular complexity index is 538. The van der Waals surface area contributed by atoms with Crippen molar-refractivity contribution in [2.24, 2.45) is 0 Å². The van der Waals surface area contributed by atoms with Crippen LogP contribution in [-0.2, 0) is 4.79 Å². The van der Waals surface area contributed by atoms with Crippen molar-refractivity contribution in [3.05, 3.63) is 30.3 Å². The summed E-state index contributed by atoms with van der Waals surface area (Å²) in [5.74, 6) is 1.23. The minimum Gasteiger partial charge on any atom is -0.497 e. The topological polar surface area (TPSA) is 51.2 Å².